The van der Waals surface area contributed by atoms with Crippen LogP contribution in [-0.4, -0.2) is 32.5 Å². The molecule has 0 saturated heterocycles. The highest BCUT2D eigenvalue weighted by atomic mass is 19.4. The van der Waals surface area contributed by atoms with Gasteiger partial charge in [0.25, 0.3) is 0 Å². The molecule has 0 saturated carbocycles. The number of hydrogen-bond acceptors (Lipinski definition) is 3. The van der Waals surface area contributed by atoms with Crippen LogP contribution >= 0.6 is 0 Å². The number of hydrogen-bond donors (Lipinski definition) is 1. The van der Waals surface area contributed by atoms with Crippen molar-refractivity contribution in [1.82, 2.24) is 5.32 Å². The lowest BCUT2D eigenvalue weighted by molar-refractivity contribution is -0.215. The van der Waals surface area contributed by atoms with Gasteiger partial charge >= 0.3 is 6.18 Å². The van der Waals surface area contributed by atoms with E-state index in [0.717, 1.165) is 12.5 Å². The Morgan fingerprint density at radius 1 is 1.20 bits per heavy atom. The van der Waals surface area contributed by atoms with Crippen LogP contribution in [0.3, 0.4) is 0 Å². The highest BCUT2D eigenvalue weighted by Gasteiger charge is 2.37. The van der Waals surface area contributed by atoms with Crippen molar-refractivity contribution in [2.45, 2.75) is 32.2 Å². The third kappa shape index (κ3) is 5.02. The van der Waals surface area contributed by atoms with Gasteiger partial charge in [-0.05, 0) is 31.2 Å². The summed E-state index contributed by atoms with van der Waals surface area (Å²) in [5.74, 6) is 0.702. The summed E-state index contributed by atoms with van der Waals surface area (Å²) in [5, 5.41) is 3.11. The molecule has 114 valence electrons. The van der Waals surface area contributed by atoms with Gasteiger partial charge in [0.15, 0.2) is 6.10 Å². The first-order valence-corrected chi connectivity index (χ1v) is 6.44. The van der Waals surface area contributed by atoms with Gasteiger partial charge in [0.1, 0.15) is 5.75 Å². The lowest BCUT2D eigenvalue weighted by Gasteiger charge is -2.22. The molecular formula is C14H20F3NO2. The standard InChI is InChI=1S/C14H20F3NO2/c1-4-18-13(9-20-10(2)14(15,16)17)11-5-7-12(19-3)8-6-11/h5-8,10,13,18H,4,9H2,1-3H3. The maximum absolute atomic E-state index is 12.4. The lowest BCUT2D eigenvalue weighted by Crippen LogP contribution is -2.33. The van der Waals surface area contributed by atoms with Crippen LogP contribution in [-0.2, 0) is 4.74 Å². The molecule has 1 aromatic rings. The maximum Gasteiger partial charge on any atom is 0.414 e. The molecule has 0 aliphatic rings. The van der Waals surface area contributed by atoms with Gasteiger partial charge in [0.05, 0.1) is 19.8 Å². The van der Waals surface area contributed by atoms with Gasteiger partial charge < -0.3 is 14.8 Å². The molecule has 6 heteroatoms. The largest absolute Gasteiger partial charge is 0.497 e. The topological polar surface area (TPSA) is 30.5 Å². The summed E-state index contributed by atoms with van der Waals surface area (Å²) in [4.78, 5) is 0. The van der Waals surface area contributed by atoms with Crippen LogP contribution in [0.15, 0.2) is 24.3 Å². The molecular weight excluding hydrogens is 271 g/mol. The third-order valence-electron chi connectivity index (χ3n) is 2.94. The first-order valence-electron chi connectivity index (χ1n) is 6.44. The highest BCUT2D eigenvalue weighted by molar-refractivity contribution is 5.29. The second kappa shape index (κ2) is 7.50. The van der Waals surface area contributed by atoms with E-state index in [1.165, 1.54) is 0 Å². The Morgan fingerprint density at radius 3 is 2.25 bits per heavy atom. The van der Waals surface area contributed by atoms with Crippen LogP contribution in [0.4, 0.5) is 13.2 Å². The molecule has 0 aromatic heterocycles. The van der Waals surface area contributed by atoms with Gasteiger partial charge in [-0.2, -0.15) is 13.2 Å². The minimum absolute atomic E-state index is 0.0408. The zero-order valence-corrected chi connectivity index (χ0v) is 11.8. The fourth-order valence-corrected chi connectivity index (χ4v) is 1.69. The Kier molecular flexibility index (Phi) is 6.29. The first kappa shape index (κ1) is 16.8. The molecule has 3 nitrogen and oxygen atoms in total. The molecule has 0 amide bonds. The van der Waals surface area contributed by atoms with Crippen molar-refractivity contribution < 1.29 is 22.6 Å². The summed E-state index contributed by atoms with van der Waals surface area (Å²) in [7, 11) is 1.56. The molecule has 1 aromatic carbocycles. The highest BCUT2D eigenvalue weighted by Crippen LogP contribution is 2.24. The number of nitrogens with one attached hydrogen (secondary N) is 1. The van der Waals surface area contributed by atoms with Crippen LogP contribution in [0.5, 0.6) is 5.75 Å². The average molecular weight is 291 g/mol. The third-order valence-corrected chi connectivity index (χ3v) is 2.94. The van der Waals surface area contributed by atoms with E-state index in [2.05, 4.69) is 5.32 Å². The second-order valence-electron chi connectivity index (χ2n) is 4.40. The quantitative estimate of drug-likeness (QED) is 0.836. The number of methoxy groups -OCH3 is 1. The van der Waals surface area contributed by atoms with Crippen molar-refractivity contribution in [3.8, 4) is 5.75 Å². The van der Waals surface area contributed by atoms with Crippen molar-refractivity contribution in [2.24, 2.45) is 0 Å². The average Bonchev–Trinajstić information content (AvgIpc) is 2.42. The minimum atomic E-state index is -4.34. The zero-order valence-electron chi connectivity index (χ0n) is 11.8. The van der Waals surface area contributed by atoms with E-state index in [0.29, 0.717) is 12.3 Å². The molecule has 1 N–H and O–H groups in total. The fraction of sp³-hybridized carbons (Fsp3) is 0.571. The predicted octanol–water partition coefficient (Wildman–Crippen LogP) is 3.31. The number of alkyl halides is 3. The van der Waals surface area contributed by atoms with Gasteiger partial charge in [-0.3, -0.25) is 0 Å². The van der Waals surface area contributed by atoms with Crippen molar-refractivity contribution in [3.05, 3.63) is 29.8 Å². The molecule has 0 aliphatic carbocycles. The van der Waals surface area contributed by atoms with Crippen LogP contribution in [0.1, 0.15) is 25.5 Å². The monoisotopic (exact) mass is 291 g/mol. The SMILES string of the molecule is CCNC(COC(C)C(F)(F)F)c1ccc(OC)cc1. The molecule has 20 heavy (non-hydrogen) atoms. The van der Waals surface area contributed by atoms with Crippen LogP contribution in [0.2, 0.25) is 0 Å². The summed E-state index contributed by atoms with van der Waals surface area (Å²) in [6.45, 7) is 3.50. The van der Waals surface area contributed by atoms with Gasteiger partial charge in [0, 0.05) is 0 Å². The molecule has 0 aliphatic heterocycles. The Morgan fingerprint density at radius 2 is 1.80 bits per heavy atom. The zero-order chi connectivity index (χ0) is 15.2. The number of ether oxygens (including phenoxy) is 2. The van der Waals surface area contributed by atoms with Crippen LogP contribution in [0, 0.1) is 0 Å². The van der Waals surface area contributed by atoms with Crippen molar-refractivity contribution in [1.29, 1.82) is 0 Å². The van der Waals surface area contributed by atoms with Crippen LogP contribution < -0.4 is 10.1 Å². The molecule has 0 spiro atoms. The molecule has 0 heterocycles. The fourth-order valence-electron chi connectivity index (χ4n) is 1.69. The molecule has 1 rings (SSSR count). The molecule has 2 atom stereocenters. The van der Waals surface area contributed by atoms with Gasteiger partial charge in [-0.25, -0.2) is 0 Å². The van der Waals surface area contributed by atoms with E-state index in [1.807, 2.05) is 19.1 Å². The Hall–Kier alpha value is -1.27. The summed E-state index contributed by atoms with van der Waals surface area (Å²) in [5.41, 5.74) is 0.863. The van der Waals surface area contributed by atoms with Gasteiger partial charge in [-0.1, -0.05) is 19.1 Å². The summed E-state index contributed by atoms with van der Waals surface area (Å²) in [6, 6.07) is 6.89. The molecule has 0 bridgehead atoms. The smallest absolute Gasteiger partial charge is 0.414 e. The van der Waals surface area contributed by atoms with Gasteiger partial charge in [-0.15, -0.1) is 0 Å². The van der Waals surface area contributed by atoms with E-state index in [4.69, 9.17) is 9.47 Å². The summed E-state index contributed by atoms with van der Waals surface area (Å²) >= 11 is 0. The van der Waals surface area contributed by atoms with Crippen LogP contribution in [0.25, 0.3) is 0 Å². The second-order valence-corrected chi connectivity index (χ2v) is 4.40. The Balaban J connectivity index is 2.68. The lowest BCUT2D eigenvalue weighted by atomic mass is 10.1. The van der Waals surface area contributed by atoms with E-state index in [9.17, 15) is 13.2 Å². The van der Waals surface area contributed by atoms with E-state index >= 15 is 0 Å². The number of benzene rings is 1. The number of likely N-dealkylation sites (N-methyl/N-ethyl adjacent to an activating group) is 1. The van der Waals surface area contributed by atoms with Gasteiger partial charge in [0.2, 0.25) is 0 Å². The first-order chi connectivity index (χ1) is 9.38. The minimum Gasteiger partial charge on any atom is -0.497 e. The predicted molar refractivity (Wildman–Crippen MR) is 70.9 cm³/mol. The normalized spacial score (nSPS) is 14.9. The Bertz CT molecular complexity index is 392. The Labute approximate surface area is 117 Å². The molecule has 0 radical (unpaired) electrons. The number of rotatable bonds is 7. The van der Waals surface area contributed by atoms with Crippen molar-refractivity contribution in [2.75, 3.05) is 20.3 Å². The summed E-state index contributed by atoms with van der Waals surface area (Å²) in [6.07, 6.45) is -6.11. The van der Waals surface area contributed by atoms with Crippen molar-refractivity contribution >= 4 is 0 Å². The summed E-state index contributed by atoms with van der Waals surface area (Å²) < 4.78 is 47.2. The van der Waals surface area contributed by atoms with E-state index in [1.54, 1.807) is 19.2 Å². The number of halogens is 3. The van der Waals surface area contributed by atoms with E-state index < -0.39 is 12.3 Å². The maximum atomic E-state index is 12.4. The molecule has 2 unspecified atom stereocenters. The van der Waals surface area contributed by atoms with Crippen molar-refractivity contribution in [3.63, 3.8) is 0 Å². The molecule has 0 fully saturated rings. The van der Waals surface area contributed by atoms with E-state index in [-0.39, 0.29) is 12.6 Å².